The van der Waals surface area contributed by atoms with Crippen LogP contribution in [0.25, 0.3) is 0 Å². The molecule has 0 radical (unpaired) electrons. The molecule has 2 fully saturated rings. The third-order valence-corrected chi connectivity index (χ3v) is 4.55. The zero-order chi connectivity index (χ0) is 15.5. The molecule has 0 aromatic heterocycles. The molecule has 3 rings (SSSR count). The average Bonchev–Trinajstić information content (AvgIpc) is 3.04. The molecule has 2 saturated heterocycles. The fourth-order valence-electron chi connectivity index (χ4n) is 3.27. The molecular weight excluding hydrogens is 280 g/mol. The lowest BCUT2D eigenvalue weighted by molar-refractivity contribution is -0.144. The van der Waals surface area contributed by atoms with Crippen LogP contribution in [-0.2, 0) is 14.3 Å². The third-order valence-electron chi connectivity index (χ3n) is 4.55. The molecule has 5 nitrogen and oxygen atoms in total. The van der Waals surface area contributed by atoms with E-state index in [1.165, 1.54) is 0 Å². The van der Waals surface area contributed by atoms with Crippen molar-refractivity contribution in [3.63, 3.8) is 0 Å². The van der Waals surface area contributed by atoms with Gasteiger partial charge in [0.1, 0.15) is 0 Å². The van der Waals surface area contributed by atoms with Gasteiger partial charge in [0.25, 0.3) is 0 Å². The van der Waals surface area contributed by atoms with Gasteiger partial charge in [0, 0.05) is 38.0 Å². The van der Waals surface area contributed by atoms with Crippen LogP contribution in [0, 0.1) is 5.92 Å². The Labute approximate surface area is 130 Å². The minimum atomic E-state index is -0.264. The number of nitrogens with zero attached hydrogens (tertiary/aromatic N) is 2. The molecular formula is C17H22N2O3. The molecule has 0 saturated carbocycles. The molecule has 1 aromatic carbocycles. The Morgan fingerprint density at radius 3 is 2.41 bits per heavy atom. The maximum absolute atomic E-state index is 12.8. The Balaban J connectivity index is 1.66. The van der Waals surface area contributed by atoms with Gasteiger partial charge < -0.3 is 14.5 Å². The summed E-state index contributed by atoms with van der Waals surface area (Å²) in [4.78, 5) is 27.9. The van der Waals surface area contributed by atoms with E-state index in [-0.39, 0.29) is 24.0 Å². The van der Waals surface area contributed by atoms with Crippen LogP contribution in [0.1, 0.15) is 31.6 Å². The predicted octanol–water partition coefficient (Wildman–Crippen LogP) is 1.80. The molecule has 1 atom stereocenters. The molecule has 2 heterocycles. The van der Waals surface area contributed by atoms with Crippen LogP contribution in [-0.4, -0.2) is 47.9 Å². The van der Waals surface area contributed by atoms with Crippen molar-refractivity contribution in [2.24, 2.45) is 5.92 Å². The molecule has 0 aliphatic carbocycles. The van der Waals surface area contributed by atoms with E-state index in [4.69, 9.17) is 4.74 Å². The molecule has 118 valence electrons. The van der Waals surface area contributed by atoms with Crippen LogP contribution in [0.4, 0.5) is 0 Å². The summed E-state index contributed by atoms with van der Waals surface area (Å²) in [6, 6.07) is 9.88. The first-order valence-electron chi connectivity index (χ1n) is 7.89. The standard InChI is InChI=1S/C17H22N2O3/c1-13(20)18-9-7-14(8-10-18)16(21)19-11-12-22-17(19)15-5-3-2-4-6-15/h2-6,14,17H,7-12H2,1H3. The van der Waals surface area contributed by atoms with Crippen molar-refractivity contribution in [2.75, 3.05) is 26.2 Å². The predicted molar refractivity (Wildman–Crippen MR) is 81.8 cm³/mol. The number of ether oxygens (including phenoxy) is 1. The van der Waals surface area contributed by atoms with Crippen LogP contribution in [0.3, 0.4) is 0 Å². The van der Waals surface area contributed by atoms with Crippen molar-refractivity contribution in [2.45, 2.75) is 26.0 Å². The van der Waals surface area contributed by atoms with Crippen molar-refractivity contribution in [3.8, 4) is 0 Å². The Hall–Kier alpha value is -1.88. The summed E-state index contributed by atoms with van der Waals surface area (Å²) in [7, 11) is 0. The quantitative estimate of drug-likeness (QED) is 0.837. The van der Waals surface area contributed by atoms with Crippen LogP contribution in [0.5, 0.6) is 0 Å². The topological polar surface area (TPSA) is 49.9 Å². The van der Waals surface area contributed by atoms with Crippen molar-refractivity contribution in [3.05, 3.63) is 35.9 Å². The number of amides is 2. The SMILES string of the molecule is CC(=O)N1CCC(C(=O)N2CCOC2c2ccccc2)CC1. The summed E-state index contributed by atoms with van der Waals surface area (Å²) < 4.78 is 5.76. The summed E-state index contributed by atoms with van der Waals surface area (Å²) in [5.74, 6) is 0.260. The van der Waals surface area contributed by atoms with E-state index >= 15 is 0 Å². The second kappa shape index (κ2) is 6.48. The molecule has 5 heteroatoms. The van der Waals surface area contributed by atoms with Gasteiger partial charge in [-0.2, -0.15) is 0 Å². The minimum Gasteiger partial charge on any atom is -0.352 e. The largest absolute Gasteiger partial charge is 0.352 e. The molecule has 2 amide bonds. The van der Waals surface area contributed by atoms with E-state index in [1.54, 1.807) is 6.92 Å². The van der Waals surface area contributed by atoms with Crippen molar-refractivity contribution >= 4 is 11.8 Å². The molecule has 2 aliphatic rings. The lowest BCUT2D eigenvalue weighted by Crippen LogP contribution is -2.43. The van der Waals surface area contributed by atoms with Crippen LogP contribution < -0.4 is 0 Å². The molecule has 1 aromatic rings. The molecule has 2 aliphatic heterocycles. The van der Waals surface area contributed by atoms with Crippen LogP contribution in [0.2, 0.25) is 0 Å². The number of carbonyl (C=O) groups excluding carboxylic acids is 2. The monoisotopic (exact) mass is 302 g/mol. The van der Waals surface area contributed by atoms with Gasteiger partial charge in [-0.1, -0.05) is 30.3 Å². The van der Waals surface area contributed by atoms with E-state index in [0.717, 1.165) is 18.4 Å². The lowest BCUT2D eigenvalue weighted by atomic mass is 9.95. The smallest absolute Gasteiger partial charge is 0.228 e. The van der Waals surface area contributed by atoms with Gasteiger partial charge in [-0.25, -0.2) is 0 Å². The highest BCUT2D eigenvalue weighted by Gasteiger charge is 2.36. The minimum absolute atomic E-state index is 0.00325. The van der Waals surface area contributed by atoms with Crippen LogP contribution >= 0.6 is 0 Å². The molecule has 0 bridgehead atoms. The summed E-state index contributed by atoms with van der Waals surface area (Å²) in [6.07, 6.45) is 1.23. The number of likely N-dealkylation sites (tertiary alicyclic amines) is 1. The normalized spacial score (nSPS) is 22.9. The van der Waals surface area contributed by atoms with Gasteiger partial charge in [-0.05, 0) is 12.8 Å². The Bertz CT molecular complexity index is 538. The van der Waals surface area contributed by atoms with Gasteiger partial charge in [0.05, 0.1) is 6.61 Å². The zero-order valence-corrected chi connectivity index (χ0v) is 12.9. The fraction of sp³-hybridized carbons (Fsp3) is 0.529. The molecule has 22 heavy (non-hydrogen) atoms. The van der Waals surface area contributed by atoms with E-state index in [9.17, 15) is 9.59 Å². The Morgan fingerprint density at radius 1 is 1.09 bits per heavy atom. The summed E-state index contributed by atoms with van der Waals surface area (Å²) in [5, 5.41) is 0. The number of hydrogen-bond donors (Lipinski definition) is 0. The van der Waals surface area contributed by atoms with Gasteiger partial charge in [-0.15, -0.1) is 0 Å². The average molecular weight is 302 g/mol. The van der Waals surface area contributed by atoms with E-state index in [1.807, 2.05) is 40.1 Å². The van der Waals surface area contributed by atoms with Crippen molar-refractivity contribution in [1.29, 1.82) is 0 Å². The van der Waals surface area contributed by atoms with Gasteiger partial charge >= 0.3 is 0 Å². The first-order valence-corrected chi connectivity index (χ1v) is 7.89. The van der Waals surface area contributed by atoms with Crippen molar-refractivity contribution < 1.29 is 14.3 Å². The number of piperidine rings is 1. The Kier molecular flexibility index (Phi) is 4.43. The molecule has 0 spiro atoms. The van der Waals surface area contributed by atoms with E-state index in [0.29, 0.717) is 26.2 Å². The fourth-order valence-corrected chi connectivity index (χ4v) is 3.27. The summed E-state index contributed by atoms with van der Waals surface area (Å²) in [5.41, 5.74) is 1.02. The maximum atomic E-state index is 12.8. The highest BCUT2D eigenvalue weighted by molar-refractivity contribution is 5.80. The number of rotatable bonds is 2. The highest BCUT2D eigenvalue weighted by Crippen LogP contribution is 2.30. The number of carbonyl (C=O) groups is 2. The van der Waals surface area contributed by atoms with Gasteiger partial charge in [-0.3, -0.25) is 9.59 Å². The molecule has 1 unspecified atom stereocenters. The van der Waals surface area contributed by atoms with Crippen molar-refractivity contribution in [1.82, 2.24) is 9.80 Å². The maximum Gasteiger partial charge on any atom is 0.228 e. The number of benzene rings is 1. The lowest BCUT2D eigenvalue weighted by Gasteiger charge is -2.34. The van der Waals surface area contributed by atoms with Crippen LogP contribution in [0.15, 0.2) is 30.3 Å². The third kappa shape index (κ3) is 2.99. The van der Waals surface area contributed by atoms with Gasteiger partial charge in [0.15, 0.2) is 6.23 Å². The Morgan fingerprint density at radius 2 is 1.77 bits per heavy atom. The second-order valence-corrected chi connectivity index (χ2v) is 5.95. The highest BCUT2D eigenvalue weighted by atomic mass is 16.5. The zero-order valence-electron chi connectivity index (χ0n) is 12.9. The number of hydrogen-bond acceptors (Lipinski definition) is 3. The summed E-state index contributed by atoms with van der Waals surface area (Å²) >= 11 is 0. The van der Waals surface area contributed by atoms with E-state index in [2.05, 4.69) is 0 Å². The summed E-state index contributed by atoms with van der Waals surface area (Å²) in [6.45, 7) is 4.16. The van der Waals surface area contributed by atoms with Gasteiger partial charge in [0.2, 0.25) is 11.8 Å². The van der Waals surface area contributed by atoms with E-state index < -0.39 is 0 Å². The molecule has 0 N–H and O–H groups in total. The second-order valence-electron chi connectivity index (χ2n) is 5.95. The first kappa shape index (κ1) is 15.0. The first-order chi connectivity index (χ1) is 10.7.